The fourth-order valence-corrected chi connectivity index (χ4v) is 2.76. The fourth-order valence-electron chi connectivity index (χ4n) is 2.76. The normalized spacial score (nSPS) is 26.8. The van der Waals surface area contributed by atoms with Gasteiger partial charge in [-0.05, 0) is 57.8 Å². The first-order chi connectivity index (χ1) is 7.65. The first kappa shape index (κ1) is 11.7. The number of furan rings is 1. The number of nitrogens with two attached hydrogens (primary N) is 1. The minimum absolute atomic E-state index is 0.375. The summed E-state index contributed by atoms with van der Waals surface area (Å²) < 4.78 is 5.66. The number of nitrogens with zero attached hydrogens (tertiary/aromatic N) is 1. The van der Waals surface area contributed by atoms with Crippen molar-refractivity contribution in [3.05, 3.63) is 23.7 Å². The summed E-state index contributed by atoms with van der Waals surface area (Å²) in [6.07, 6.45) is 2.97. The summed E-state index contributed by atoms with van der Waals surface area (Å²) in [5.74, 6) is 1.65. The molecule has 1 aliphatic rings. The highest BCUT2D eigenvalue weighted by Crippen LogP contribution is 2.39. The number of rotatable bonds is 3. The average Bonchev–Trinajstić information content (AvgIpc) is 2.82. The van der Waals surface area contributed by atoms with E-state index in [1.165, 1.54) is 12.0 Å². The molecule has 2 N–H and O–H groups in total. The second kappa shape index (κ2) is 4.60. The zero-order chi connectivity index (χ0) is 11.7. The number of likely N-dealkylation sites (tertiary alicyclic amines) is 1. The smallest absolute Gasteiger partial charge is 0.124 e. The van der Waals surface area contributed by atoms with E-state index in [4.69, 9.17) is 10.2 Å². The highest BCUT2D eigenvalue weighted by atomic mass is 16.3. The van der Waals surface area contributed by atoms with Crippen LogP contribution in [0.1, 0.15) is 37.6 Å². The van der Waals surface area contributed by atoms with Gasteiger partial charge in [0.05, 0.1) is 12.3 Å². The summed E-state index contributed by atoms with van der Waals surface area (Å²) in [5, 5.41) is 0. The Labute approximate surface area is 97.6 Å². The Morgan fingerprint density at radius 2 is 2.31 bits per heavy atom. The van der Waals surface area contributed by atoms with E-state index >= 15 is 0 Å². The van der Waals surface area contributed by atoms with Crippen molar-refractivity contribution in [3.63, 3.8) is 0 Å². The van der Waals surface area contributed by atoms with Crippen LogP contribution in [-0.4, -0.2) is 24.0 Å². The molecule has 1 aromatic heterocycles. The van der Waals surface area contributed by atoms with Crippen LogP contribution in [0.3, 0.4) is 0 Å². The zero-order valence-corrected chi connectivity index (χ0v) is 10.4. The predicted octanol–water partition coefficient (Wildman–Crippen LogP) is 2.32. The first-order valence-electron chi connectivity index (χ1n) is 6.15. The Hall–Kier alpha value is -0.800. The molecule has 90 valence electrons. The lowest BCUT2D eigenvalue weighted by atomic mass is 9.96. The SMILES string of the molecule is Cc1ccoc1C1C(CN)CCN1C(C)C. The molecule has 0 saturated carbocycles. The van der Waals surface area contributed by atoms with E-state index < -0.39 is 0 Å². The Balaban J connectivity index is 2.30. The minimum Gasteiger partial charge on any atom is -0.467 e. The van der Waals surface area contributed by atoms with E-state index in [0.29, 0.717) is 18.0 Å². The molecule has 2 unspecified atom stereocenters. The van der Waals surface area contributed by atoms with Gasteiger partial charge in [0, 0.05) is 6.04 Å². The summed E-state index contributed by atoms with van der Waals surface area (Å²) in [4.78, 5) is 2.50. The lowest BCUT2D eigenvalue weighted by Crippen LogP contribution is -2.33. The van der Waals surface area contributed by atoms with Gasteiger partial charge in [-0.2, -0.15) is 0 Å². The van der Waals surface area contributed by atoms with Crippen molar-refractivity contribution in [3.8, 4) is 0 Å². The van der Waals surface area contributed by atoms with Gasteiger partial charge in [0.2, 0.25) is 0 Å². The van der Waals surface area contributed by atoms with Crippen LogP contribution in [0.4, 0.5) is 0 Å². The average molecular weight is 222 g/mol. The molecular formula is C13H22N2O. The number of aryl methyl sites for hydroxylation is 1. The largest absolute Gasteiger partial charge is 0.467 e. The van der Waals surface area contributed by atoms with Gasteiger partial charge in [0.15, 0.2) is 0 Å². The molecule has 1 saturated heterocycles. The van der Waals surface area contributed by atoms with Crippen LogP contribution >= 0.6 is 0 Å². The highest BCUT2D eigenvalue weighted by molar-refractivity contribution is 5.20. The molecule has 0 aliphatic carbocycles. The minimum atomic E-state index is 0.375. The van der Waals surface area contributed by atoms with Gasteiger partial charge in [-0.3, -0.25) is 4.90 Å². The molecule has 2 heterocycles. The van der Waals surface area contributed by atoms with Gasteiger partial charge in [-0.15, -0.1) is 0 Å². The van der Waals surface area contributed by atoms with Crippen molar-refractivity contribution in [2.45, 2.75) is 39.3 Å². The third-order valence-corrected chi connectivity index (χ3v) is 3.70. The summed E-state index contributed by atoms with van der Waals surface area (Å²) in [7, 11) is 0. The monoisotopic (exact) mass is 222 g/mol. The molecule has 0 amide bonds. The van der Waals surface area contributed by atoms with E-state index in [9.17, 15) is 0 Å². The first-order valence-corrected chi connectivity index (χ1v) is 6.15. The third kappa shape index (κ3) is 1.89. The van der Waals surface area contributed by atoms with E-state index in [1.54, 1.807) is 6.26 Å². The van der Waals surface area contributed by atoms with Crippen LogP contribution in [0.25, 0.3) is 0 Å². The summed E-state index contributed by atoms with van der Waals surface area (Å²) in [6.45, 7) is 8.47. The molecule has 1 aromatic rings. The van der Waals surface area contributed by atoms with Gasteiger partial charge >= 0.3 is 0 Å². The Morgan fingerprint density at radius 1 is 1.56 bits per heavy atom. The molecule has 3 nitrogen and oxygen atoms in total. The van der Waals surface area contributed by atoms with Crippen LogP contribution in [0.15, 0.2) is 16.7 Å². The molecule has 3 heteroatoms. The van der Waals surface area contributed by atoms with Crippen molar-refractivity contribution in [1.82, 2.24) is 4.90 Å². The van der Waals surface area contributed by atoms with Crippen LogP contribution in [0.5, 0.6) is 0 Å². The number of hydrogen-bond acceptors (Lipinski definition) is 3. The van der Waals surface area contributed by atoms with Gasteiger partial charge in [0.1, 0.15) is 5.76 Å². The summed E-state index contributed by atoms with van der Waals surface area (Å²) >= 11 is 0. The standard InChI is InChI=1S/C13H22N2O/c1-9(2)15-6-4-11(8-14)12(15)13-10(3)5-7-16-13/h5,7,9,11-12H,4,6,8,14H2,1-3H3. The second-order valence-electron chi connectivity index (χ2n) is 5.03. The molecule has 0 spiro atoms. The van der Waals surface area contributed by atoms with Gasteiger partial charge < -0.3 is 10.2 Å². The molecule has 0 radical (unpaired) electrons. The second-order valence-corrected chi connectivity index (χ2v) is 5.03. The van der Waals surface area contributed by atoms with Crippen molar-refractivity contribution in [2.75, 3.05) is 13.1 Å². The third-order valence-electron chi connectivity index (χ3n) is 3.70. The summed E-state index contributed by atoms with van der Waals surface area (Å²) in [5.41, 5.74) is 7.12. The quantitative estimate of drug-likeness (QED) is 0.853. The molecule has 2 rings (SSSR count). The van der Waals surface area contributed by atoms with E-state index in [1.807, 2.05) is 6.07 Å². The van der Waals surface area contributed by atoms with Crippen LogP contribution in [0, 0.1) is 12.8 Å². The van der Waals surface area contributed by atoms with Crippen molar-refractivity contribution < 1.29 is 4.42 Å². The topological polar surface area (TPSA) is 42.4 Å². The molecule has 2 atom stereocenters. The van der Waals surface area contributed by atoms with E-state index in [0.717, 1.165) is 18.8 Å². The van der Waals surface area contributed by atoms with Gasteiger partial charge in [-0.1, -0.05) is 0 Å². The molecule has 0 aromatic carbocycles. The number of hydrogen-bond donors (Lipinski definition) is 1. The predicted molar refractivity (Wildman–Crippen MR) is 65.2 cm³/mol. The van der Waals surface area contributed by atoms with Gasteiger partial charge in [-0.25, -0.2) is 0 Å². The Kier molecular flexibility index (Phi) is 3.36. The van der Waals surface area contributed by atoms with Crippen molar-refractivity contribution >= 4 is 0 Å². The fraction of sp³-hybridized carbons (Fsp3) is 0.692. The van der Waals surface area contributed by atoms with E-state index in [-0.39, 0.29) is 0 Å². The molecule has 16 heavy (non-hydrogen) atoms. The maximum absolute atomic E-state index is 5.87. The molecule has 1 fully saturated rings. The van der Waals surface area contributed by atoms with Crippen molar-refractivity contribution in [1.29, 1.82) is 0 Å². The lowest BCUT2D eigenvalue weighted by molar-refractivity contribution is 0.162. The summed E-state index contributed by atoms with van der Waals surface area (Å²) in [6, 6.07) is 2.96. The van der Waals surface area contributed by atoms with Crippen LogP contribution < -0.4 is 5.73 Å². The molecule has 0 bridgehead atoms. The lowest BCUT2D eigenvalue weighted by Gasteiger charge is -2.30. The van der Waals surface area contributed by atoms with Crippen LogP contribution in [-0.2, 0) is 0 Å². The molecule has 1 aliphatic heterocycles. The maximum Gasteiger partial charge on any atom is 0.124 e. The zero-order valence-electron chi connectivity index (χ0n) is 10.4. The highest BCUT2D eigenvalue weighted by Gasteiger charge is 2.38. The maximum atomic E-state index is 5.87. The Morgan fingerprint density at radius 3 is 2.81 bits per heavy atom. The van der Waals surface area contributed by atoms with E-state index in [2.05, 4.69) is 25.7 Å². The van der Waals surface area contributed by atoms with Crippen molar-refractivity contribution in [2.24, 2.45) is 11.7 Å². The molecular weight excluding hydrogens is 200 g/mol. The van der Waals surface area contributed by atoms with Gasteiger partial charge in [0.25, 0.3) is 0 Å². The Bertz CT molecular complexity index is 345. The van der Waals surface area contributed by atoms with Crippen LogP contribution in [0.2, 0.25) is 0 Å².